The minimum absolute atomic E-state index is 0.134. The Morgan fingerprint density at radius 2 is 1.71 bits per heavy atom. The Morgan fingerprint density at radius 1 is 1.17 bits per heavy atom. The molecular formula is C19H25NO4. The van der Waals surface area contributed by atoms with Gasteiger partial charge in [-0.1, -0.05) is 25.5 Å². The molecule has 0 aromatic rings. The highest BCUT2D eigenvalue weighted by molar-refractivity contribution is 6.19. The van der Waals surface area contributed by atoms with Crippen molar-refractivity contribution >= 4 is 17.8 Å². The van der Waals surface area contributed by atoms with Gasteiger partial charge in [0.25, 0.3) is 11.8 Å². The highest BCUT2D eigenvalue weighted by atomic mass is 16.5. The van der Waals surface area contributed by atoms with Crippen molar-refractivity contribution in [2.45, 2.75) is 53.4 Å². The van der Waals surface area contributed by atoms with E-state index in [0.29, 0.717) is 24.0 Å². The van der Waals surface area contributed by atoms with E-state index in [0.717, 1.165) is 17.7 Å². The summed E-state index contributed by atoms with van der Waals surface area (Å²) in [5.41, 5.74) is 2.28. The molecule has 3 rings (SSSR count). The number of rotatable bonds is 4. The van der Waals surface area contributed by atoms with Crippen molar-refractivity contribution in [1.29, 1.82) is 0 Å². The first-order valence-electron chi connectivity index (χ1n) is 8.65. The summed E-state index contributed by atoms with van der Waals surface area (Å²) in [6, 6.07) is 0. The van der Waals surface area contributed by atoms with Crippen LogP contribution in [0, 0.1) is 17.3 Å². The fourth-order valence-electron chi connectivity index (χ4n) is 3.93. The van der Waals surface area contributed by atoms with Gasteiger partial charge in [0.05, 0.1) is 5.92 Å². The molecule has 3 aliphatic rings. The van der Waals surface area contributed by atoms with E-state index in [9.17, 15) is 14.4 Å². The molecule has 24 heavy (non-hydrogen) atoms. The SMILES string of the molecule is CC(C)=C[C@H]1[C@H](C(=O)OCN2C(=O)C3=C(CCCC3)C2=O)C1(C)C. The standard InChI is InChI=1S/C19H25NO4/c1-11(2)9-14-15(19(14,3)4)18(23)24-10-20-16(21)12-7-5-6-8-13(12)17(20)22/h9,14-15H,5-8,10H2,1-4H3/t14-,15+/m0/s1. The molecular weight excluding hydrogens is 306 g/mol. The first-order valence-corrected chi connectivity index (χ1v) is 8.65. The molecule has 130 valence electrons. The van der Waals surface area contributed by atoms with Crippen LogP contribution in [-0.2, 0) is 19.1 Å². The Kier molecular flexibility index (Phi) is 4.14. The zero-order chi connectivity index (χ0) is 17.6. The van der Waals surface area contributed by atoms with Crippen molar-refractivity contribution in [3.63, 3.8) is 0 Å². The number of ether oxygens (including phenoxy) is 1. The normalized spacial score (nSPS) is 27.9. The monoisotopic (exact) mass is 331 g/mol. The number of imide groups is 1. The van der Waals surface area contributed by atoms with Crippen LogP contribution in [0.3, 0.4) is 0 Å². The number of hydrogen-bond acceptors (Lipinski definition) is 4. The molecule has 1 aliphatic heterocycles. The number of hydrogen-bond donors (Lipinski definition) is 0. The number of esters is 1. The maximum Gasteiger partial charge on any atom is 0.311 e. The minimum Gasteiger partial charge on any atom is -0.443 e. The Morgan fingerprint density at radius 3 is 2.21 bits per heavy atom. The molecule has 1 heterocycles. The molecule has 0 bridgehead atoms. The van der Waals surface area contributed by atoms with Crippen LogP contribution >= 0.6 is 0 Å². The van der Waals surface area contributed by atoms with Gasteiger partial charge in [0.2, 0.25) is 0 Å². The first-order chi connectivity index (χ1) is 11.2. The number of nitrogens with zero attached hydrogens (tertiary/aromatic N) is 1. The van der Waals surface area contributed by atoms with Gasteiger partial charge in [0.15, 0.2) is 6.73 Å². The highest BCUT2D eigenvalue weighted by Gasteiger charge is 2.61. The van der Waals surface area contributed by atoms with Crippen molar-refractivity contribution in [3.05, 3.63) is 22.8 Å². The smallest absolute Gasteiger partial charge is 0.311 e. The summed E-state index contributed by atoms with van der Waals surface area (Å²) < 4.78 is 5.33. The second-order valence-corrected chi connectivity index (χ2v) is 7.86. The van der Waals surface area contributed by atoms with Crippen LogP contribution in [0.15, 0.2) is 22.8 Å². The third kappa shape index (κ3) is 2.70. The van der Waals surface area contributed by atoms with Crippen LogP contribution in [0.1, 0.15) is 53.4 Å². The van der Waals surface area contributed by atoms with E-state index < -0.39 is 0 Å². The van der Waals surface area contributed by atoms with Gasteiger partial charge >= 0.3 is 5.97 Å². The van der Waals surface area contributed by atoms with E-state index in [4.69, 9.17) is 4.74 Å². The zero-order valence-electron chi connectivity index (χ0n) is 14.8. The van der Waals surface area contributed by atoms with E-state index in [2.05, 4.69) is 6.08 Å². The van der Waals surface area contributed by atoms with Crippen molar-refractivity contribution in [2.24, 2.45) is 17.3 Å². The fraction of sp³-hybridized carbons (Fsp3) is 0.632. The lowest BCUT2D eigenvalue weighted by Crippen LogP contribution is -2.35. The predicted molar refractivity (Wildman–Crippen MR) is 88.5 cm³/mol. The van der Waals surface area contributed by atoms with Gasteiger partial charge < -0.3 is 4.74 Å². The Labute approximate surface area is 142 Å². The molecule has 5 nitrogen and oxygen atoms in total. The molecule has 0 saturated heterocycles. The quantitative estimate of drug-likeness (QED) is 0.451. The second kappa shape index (κ2) is 5.87. The first kappa shape index (κ1) is 16.9. The van der Waals surface area contributed by atoms with Crippen LogP contribution in [-0.4, -0.2) is 29.4 Å². The average molecular weight is 331 g/mol. The van der Waals surface area contributed by atoms with Gasteiger partial charge in [-0.2, -0.15) is 0 Å². The summed E-state index contributed by atoms with van der Waals surface area (Å²) in [6.07, 6.45) is 5.28. The molecule has 0 unspecified atom stereocenters. The molecule has 0 aromatic heterocycles. The van der Waals surface area contributed by atoms with Crippen LogP contribution in [0.25, 0.3) is 0 Å². The lowest BCUT2D eigenvalue weighted by atomic mass is 9.93. The second-order valence-electron chi connectivity index (χ2n) is 7.86. The molecule has 1 saturated carbocycles. The Balaban J connectivity index is 1.61. The summed E-state index contributed by atoms with van der Waals surface area (Å²) in [6.45, 7) is 7.83. The van der Waals surface area contributed by atoms with Crippen LogP contribution < -0.4 is 0 Å². The van der Waals surface area contributed by atoms with E-state index in [1.165, 1.54) is 5.57 Å². The van der Waals surface area contributed by atoms with Crippen LogP contribution in [0.2, 0.25) is 0 Å². The van der Waals surface area contributed by atoms with Gasteiger partial charge in [-0.3, -0.25) is 14.4 Å². The van der Waals surface area contributed by atoms with E-state index >= 15 is 0 Å². The van der Waals surface area contributed by atoms with Gasteiger partial charge in [-0.25, -0.2) is 4.90 Å². The average Bonchev–Trinajstić information content (AvgIpc) is 2.96. The van der Waals surface area contributed by atoms with Crippen LogP contribution in [0.5, 0.6) is 0 Å². The van der Waals surface area contributed by atoms with Crippen LogP contribution in [0.4, 0.5) is 0 Å². The number of allylic oxidation sites excluding steroid dienone is 2. The lowest BCUT2D eigenvalue weighted by Gasteiger charge is -2.15. The predicted octanol–water partition coefficient (Wildman–Crippen LogP) is 2.96. The Bertz CT molecular complexity index is 639. The summed E-state index contributed by atoms with van der Waals surface area (Å²) in [7, 11) is 0. The Hall–Kier alpha value is -1.91. The molecule has 0 radical (unpaired) electrons. The number of carbonyl (C=O) groups excluding carboxylic acids is 3. The molecule has 1 fully saturated rings. The maximum atomic E-state index is 12.4. The van der Waals surface area contributed by atoms with Crippen molar-refractivity contribution in [3.8, 4) is 0 Å². The van der Waals surface area contributed by atoms with Crippen molar-refractivity contribution < 1.29 is 19.1 Å². The summed E-state index contributed by atoms with van der Waals surface area (Å²) >= 11 is 0. The van der Waals surface area contributed by atoms with Gasteiger partial charge in [0, 0.05) is 11.1 Å². The summed E-state index contributed by atoms with van der Waals surface area (Å²) in [4.78, 5) is 38.1. The van der Waals surface area contributed by atoms with E-state index in [1.807, 2.05) is 27.7 Å². The lowest BCUT2D eigenvalue weighted by molar-refractivity contribution is -0.156. The summed E-state index contributed by atoms with van der Waals surface area (Å²) in [5, 5.41) is 0. The minimum atomic E-state index is -0.326. The molecule has 2 atom stereocenters. The van der Waals surface area contributed by atoms with E-state index in [-0.39, 0.29) is 41.8 Å². The number of amides is 2. The molecule has 0 N–H and O–H groups in total. The molecule has 2 aliphatic carbocycles. The number of carbonyl (C=O) groups is 3. The highest BCUT2D eigenvalue weighted by Crippen LogP contribution is 2.59. The maximum absolute atomic E-state index is 12.4. The third-order valence-electron chi connectivity index (χ3n) is 5.49. The van der Waals surface area contributed by atoms with E-state index in [1.54, 1.807) is 0 Å². The van der Waals surface area contributed by atoms with Gasteiger partial charge in [-0.15, -0.1) is 0 Å². The fourth-order valence-corrected chi connectivity index (χ4v) is 3.93. The molecule has 0 spiro atoms. The molecule has 2 amide bonds. The van der Waals surface area contributed by atoms with Crippen molar-refractivity contribution in [2.75, 3.05) is 6.73 Å². The third-order valence-corrected chi connectivity index (χ3v) is 5.49. The molecule has 5 heteroatoms. The van der Waals surface area contributed by atoms with Gasteiger partial charge in [0.1, 0.15) is 0 Å². The zero-order valence-corrected chi connectivity index (χ0v) is 14.8. The largest absolute Gasteiger partial charge is 0.443 e. The summed E-state index contributed by atoms with van der Waals surface area (Å²) in [5.74, 6) is -0.932. The topological polar surface area (TPSA) is 63.7 Å². The van der Waals surface area contributed by atoms with Crippen molar-refractivity contribution in [1.82, 2.24) is 4.90 Å². The molecule has 0 aromatic carbocycles. The van der Waals surface area contributed by atoms with Gasteiger partial charge in [-0.05, 0) is 50.9 Å².